The lowest BCUT2D eigenvalue weighted by Crippen LogP contribution is -2.08. The van der Waals surface area contributed by atoms with Crippen LogP contribution in [0, 0.1) is 5.41 Å². The molecule has 0 aromatic heterocycles. The molecular formula is C10H9ClN2O. The van der Waals surface area contributed by atoms with Crippen molar-refractivity contribution in [2.24, 2.45) is 5.73 Å². The van der Waals surface area contributed by atoms with E-state index in [0.29, 0.717) is 11.8 Å². The van der Waals surface area contributed by atoms with Gasteiger partial charge in [-0.25, -0.2) is 0 Å². The number of hydrogen-bond acceptors (Lipinski definition) is 3. The van der Waals surface area contributed by atoms with Gasteiger partial charge in [0.25, 0.3) is 0 Å². The minimum Gasteiger partial charge on any atom is -0.395 e. The molecule has 72 valence electrons. The van der Waals surface area contributed by atoms with Crippen LogP contribution >= 0.6 is 11.6 Å². The third-order valence-electron chi connectivity index (χ3n) is 1.66. The van der Waals surface area contributed by atoms with Crippen LogP contribution in [-0.2, 0) is 4.79 Å². The summed E-state index contributed by atoms with van der Waals surface area (Å²) in [4.78, 5) is 10.3. The quantitative estimate of drug-likeness (QED) is 0.451. The number of allylic oxidation sites excluding steroid dienone is 2. The molecule has 4 heteroatoms. The summed E-state index contributed by atoms with van der Waals surface area (Å²) in [6, 6.07) is 8.85. The van der Waals surface area contributed by atoms with Crippen molar-refractivity contribution >= 4 is 23.6 Å². The topological polar surface area (TPSA) is 66.9 Å². The highest BCUT2D eigenvalue weighted by Gasteiger charge is 2.08. The largest absolute Gasteiger partial charge is 0.395 e. The molecule has 0 saturated carbocycles. The first kappa shape index (κ1) is 10.5. The molecule has 3 N–H and O–H groups in total. The van der Waals surface area contributed by atoms with Gasteiger partial charge in [0.2, 0.25) is 0 Å². The molecule has 0 heterocycles. The van der Waals surface area contributed by atoms with Crippen molar-refractivity contribution in [2.75, 3.05) is 0 Å². The number of nitrogens with two attached hydrogens (primary N) is 1. The summed E-state index contributed by atoms with van der Waals surface area (Å²) >= 11 is 5.72. The molecular weight excluding hydrogens is 200 g/mol. The molecule has 1 rings (SSSR count). The summed E-state index contributed by atoms with van der Waals surface area (Å²) in [6.45, 7) is 0. The average molecular weight is 209 g/mol. The van der Waals surface area contributed by atoms with Gasteiger partial charge in [0, 0.05) is 5.56 Å². The van der Waals surface area contributed by atoms with E-state index >= 15 is 0 Å². The Morgan fingerprint density at radius 1 is 1.36 bits per heavy atom. The van der Waals surface area contributed by atoms with Crippen molar-refractivity contribution in [3.63, 3.8) is 0 Å². The minimum absolute atomic E-state index is 0.0220. The van der Waals surface area contributed by atoms with E-state index in [0.717, 1.165) is 0 Å². The number of benzene rings is 1. The lowest BCUT2D eigenvalue weighted by Gasteiger charge is -2.02. The molecule has 0 atom stereocenters. The molecule has 0 aliphatic rings. The molecule has 0 bridgehead atoms. The summed E-state index contributed by atoms with van der Waals surface area (Å²) in [5, 5.41) is 7.62. The minimum atomic E-state index is -0.125. The predicted octanol–water partition coefficient (Wildman–Crippen LogP) is 1.66. The molecule has 1 aromatic carbocycles. The summed E-state index contributed by atoms with van der Waals surface area (Å²) in [7, 11) is 0. The van der Waals surface area contributed by atoms with E-state index in [1.807, 2.05) is 6.07 Å². The molecule has 0 spiro atoms. The first-order chi connectivity index (χ1) is 6.66. The van der Waals surface area contributed by atoms with Crippen LogP contribution in [0.25, 0.3) is 0 Å². The SMILES string of the molecule is N=C(/C(Cl)=C(\N)C=O)c1ccccc1. The van der Waals surface area contributed by atoms with Crippen LogP contribution in [0.5, 0.6) is 0 Å². The molecule has 0 fully saturated rings. The van der Waals surface area contributed by atoms with Crippen molar-refractivity contribution in [1.29, 1.82) is 5.41 Å². The Morgan fingerprint density at radius 3 is 2.43 bits per heavy atom. The van der Waals surface area contributed by atoms with Gasteiger partial charge in [0.05, 0.1) is 16.4 Å². The first-order valence-electron chi connectivity index (χ1n) is 3.91. The number of halogens is 1. The van der Waals surface area contributed by atoms with Crippen LogP contribution in [0.15, 0.2) is 41.1 Å². The Kier molecular flexibility index (Phi) is 3.42. The van der Waals surface area contributed by atoms with Crippen molar-refractivity contribution < 1.29 is 4.79 Å². The van der Waals surface area contributed by atoms with Gasteiger partial charge in [-0.3, -0.25) is 10.2 Å². The van der Waals surface area contributed by atoms with Crippen LogP contribution in [0.1, 0.15) is 5.56 Å². The van der Waals surface area contributed by atoms with Crippen LogP contribution in [0.2, 0.25) is 0 Å². The average Bonchev–Trinajstić information content (AvgIpc) is 2.27. The fourth-order valence-electron chi connectivity index (χ4n) is 0.928. The second kappa shape index (κ2) is 4.58. The fraction of sp³-hybridized carbons (Fsp3) is 0. The maximum Gasteiger partial charge on any atom is 0.167 e. The molecule has 0 saturated heterocycles. The smallest absolute Gasteiger partial charge is 0.167 e. The fourth-order valence-corrected chi connectivity index (χ4v) is 1.08. The molecule has 0 aliphatic carbocycles. The second-order valence-electron chi connectivity index (χ2n) is 2.63. The van der Waals surface area contributed by atoms with E-state index < -0.39 is 0 Å². The van der Waals surface area contributed by atoms with Gasteiger partial charge < -0.3 is 5.73 Å². The van der Waals surface area contributed by atoms with Crippen molar-refractivity contribution in [3.05, 3.63) is 46.6 Å². The summed E-state index contributed by atoms with van der Waals surface area (Å²) < 4.78 is 0. The Balaban J connectivity index is 3.04. The van der Waals surface area contributed by atoms with Crippen LogP contribution < -0.4 is 5.73 Å². The van der Waals surface area contributed by atoms with E-state index in [1.165, 1.54) is 0 Å². The van der Waals surface area contributed by atoms with E-state index in [2.05, 4.69) is 0 Å². The van der Waals surface area contributed by atoms with E-state index in [4.69, 9.17) is 22.7 Å². The normalized spacial score (nSPS) is 11.8. The third kappa shape index (κ3) is 2.20. The summed E-state index contributed by atoms with van der Waals surface area (Å²) in [5.41, 5.74) is 5.85. The Morgan fingerprint density at radius 2 is 1.93 bits per heavy atom. The lowest BCUT2D eigenvalue weighted by molar-refractivity contribution is -0.104. The van der Waals surface area contributed by atoms with Gasteiger partial charge in [0.1, 0.15) is 0 Å². The number of hydrogen-bond donors (Lipinski definition) is 2. The number of aldehydes is 1. The lowest BCUT2D eigenvalue weighted by atomic mass is 10.1. The standard InChI is InChI=1S/C10H9ClN2O/c11-9(8(12)6-14)10(13)7-4-2-1-3-5-7/h1-6,13H,12H2/b9-8+,13-10?. The van der Waals surface area contributed by atoms with Gasteiger partial charge in [-0.1, -0.05) is 41.9 Å². The highest BCUT2D eigenvalue weighted by molar-refractivity contribution is 6.47. The van der Waals surface area contributed by atoms with Gasteiger partial charge in [0.15, 0.2) is 6.29 Å². The number of carbonyl (C=O) groups excluding carboxylic acids is 1. The molecule has 0 aliphatic heterocycles. The zero-order valence-electron chi connectivity index (χ0n) is 7.33. The summed E-state index contributed by atoms with van der Waals surface area (Å²) in [6.07, 6.45) is 0.430. The molecule has 14 heavy (non-hydrogen) atoms. The van der Waals surface area contributed by atoms with Gasteiger partial charge in [-0.05, 0) is 0 Å². The summed E-state index contributed by atoms with van der Waals surface area (Å²) in [5.74, 6) is 0. The first-order valence-corrected chi connectivity index (χ1v) is 4.29. The Hall–Kier alpha value is -1.61. The Labute approximate surface area is 86.7 Å². The van der Waals surface area contributed by atoms with Crippen LogP contribution in [0.4, 0.5) is 0 Å². The van der Waals surface area contributed by atoms with Gasteiger partial charge >= 0.3 is 0 Å². The maximum atomic E-state index is 10.3. The predicted molar refractivity (Wildman–Crippen MR) is 56.4 cm³/mol. The Bertz CT molecular complexity index is 384. The molecule has 1 aromatic rings. The second-order valence-corrected chi connectivity index (χ2v) is 3.01. The zero-order chi connectivity index (χ0) is 10.6. The third-order valence-corrected chi connectivity index (χ3v) is 2.07. The van der Waals surface area contributed by atoms with E-state index in [9.17, 15) is 4.79 Å². The van der Waals surface area contributed by atoms with E-state index in [-0.39, 0.29) is 16.4 Å². The van der Waals surface area contributed by atoms with Crippen LogP contribution in [-0.4, -0.2) is 12.0 Å². The number of carbonyl (C=O) groups is 1. The molecule has 0 amide bonds. The van der Waals surface area contributed by atoms with Gasteiger partial charge in [-0.15, -0.1) is 0 Å². The van der Waals surface area contributed by atoms with Crippen molar-refractivity contribution in [1.82, 2.24) is 0 Å². The molecule has 3 nitrogen and oxygen atoms in total. The van der Waals surface area contributed by atoms with Crippen molar-refractivity contribution in [3.8, 4) is 0 Å². The zero-order valence-corrected chi connectivity index (χ0v) is 8.08. The maximum absolute atomic E-state index is 10.3. The molecule has 0 radical (unpaired) electrons. The molecule has 0 unspecified atom stereocenters. The van der Waals surface area contributed by atoms with Gasteiger partial charge in [-0.2, -0.15) is 0 Å². The van der Waals surface area contributed by atoms with Crippen LogP contribution in [0.3, 0.4) is 0 Å². The highest BCUT2D eigenvalue weighted by Crippen LogP contribution is 2.12. The highest BCUT2D eigenvalue weighted by atomic mass is 35.5. The van der Waals surface area contributed by atoms with Crippen molar-refractivity contribution in [2.45, 2.75) is 0 Å². The van der Waals surface area contributed by atoms with E-state index in [1.54, 1.807) is 24.3 Å². The monoisotopic (exact) mass is 208 g/mol. The number of nitrogens with one attached hydrogen (secondary N) is 1. The number of rotatable bonds is 3.